The minimum Gasteiger partial charge on any atom is -0.433 e. The fraction of sp³-hybridized carbons (Fsp3) is 0.533. The van der Waals surface area contributed by atoms with Crippen LogP contribution in [0.1, 0.15) is 6.92 Å². The summed E-state index contributed by atoms with van der Waals surface area (Å²) in [6.07, 6.45) is 0. The Balaban J connectivity index is 1.84. The molecule has 0 atom stereocenters. The molecule has 0 aliphatic carbocycles. The molecule has 2 rings (SSSR count). The molecule has 0 aromatic heterocycles. The summed E-state index contributed by atoms with van der Waals surface area (Å²) in [6, 6.07) is 4.19. The largest absolute Gasteiger partial charge is 0.433 e. The average Bonchev–Trinajstić information content (AvgIpc) is 2.50. The number of likely N-dealkylation sites (N-methyl/N-ethyl adjacent to an activating group) is 1. The molecule has 0 spiro atoms. The number of nitrogens with zero attached hydrogens (tertiary/aromatic N) is 2. The van der Waals surface area contributed by atoms with Crippen LogP contribution in [0.5, 0.6) is 5.75 Å². The van der Waals surface area contributed by atoms with Gasteiger partial charge in [0.1, 0.15) is 5.75 Å². The van der Waals surface area contributed by atoms with Gasteiger partial charge in [-0.25, -0.2) is 0 Å². The predicted octanol–water partition coefficient (Wildman–Crippen LogP) is 2.52. The second-order valence-electron chi connectivity index (χ2n) is 5.28. The SMILES string of the molecule is CCN1CCN(CC(=O)Nc2ccc(OC(F)F)c(Cl)c2)CC1. The summed E-state index contributed by atoms with van der Waals surface area (Å²) >= 11 is 5.86. The third-order valence-electron chi connectivity index (χ3n) is 3.71. The number of benzene rings is 1. The van der Waals surface area contributed by atoms with Crippen LogP contribution in [-0.4, -0.2) is 61.6 Å². The predicted molar refractivity (Wildman–Crippen MR) is 85.3 cm³/mol. The Morgan fingerprint density at radius 2 is 1.96 bits per heavy atom. The number of alkyl halides is 2. The summed E-state index contributed by atoms with van der Waals surface area (Å²) < 4.78 is 28.6. The monoisotopic (exact) mass is 347 g/mol. The highest BCUT2D eigenvalue weighted by Gasteiger charge is 2.18. The Kier molecular flexibility index (Phi) is 6.56. The molecule has 1 N–H and O–H groups in total. The van der Waals surface area contributed by atoms with Gasteiger partial charge in [0.25, 0.3) is 0 Å². The minimum atomic E-state index is -2.94. The third kappa shape index (κ3) is 5.60. The normalized spacial score (nSPS) is 16.6. The highest BCUT2D eigenvalue weighted by Crippen LogP contribution is 2.28. The fourth-order valence-electron chi connectivity index (χ4n) is 2.44. The average molecular weight is 348 g/mol. The van der Waals surface area contributed by atoms with Gasteiger partial charge in [-0.3, -0.25) is 9.69 Å². The van der Waals surface area contributed by atoms with E-state index >= 15 is 0 Å². The van der Waals surface area contributed by atoms with Crippen molar-refractivity contribution in [1.82, 2.24) is 9.80 Å². The Morgan fingerprint density at radius 3 is 2.52 bits per heavy atom. The van der Waals surface area contributed by atoms with Crippen molar-refractivity contribution in [3.63, 3.8) is 0 Å². The zero-order valence-corrected chi connectivity index (χ0v) is 13.7. The van der Waals surface area contributed by atoms with Crippen LogP contribution in [0, 0.1) is 0 Å². The van der Waals surface area contributed by atoms with Crippen LogP contribution in [0.15, 0.2) is 18.2 Å². The van der Waals surface area contributed by atoms with Crippen molar-refractivity contribution in [3.05, 3.63) is 23.2 Å². The molecule has 1 aromatic rings. The van der Waals surface area contributed by atoms with Gasteiger partial charge in [-0.2, -0.15) is 8.78 Å². The number of anilines is 1. The topological polar surface area (TPSA) is 44.8 Å². The number of nitrogens with one attached hydrogen (secondary N) is 1. The first-order valence-electron chi connectivity index (χ1n) is 7.47. The Hall–Kier alpha value is -1.44. The molecular weight excluding hydrogens is 328 g/mol. The summed E-state index contributed by atoms with van der Waals surface area (Å²) in [6.45, 7) is 4.11. The summed E-state index contributed by atoms with van der Waals surface area (Å²) in [7, 11) is 0. The van der Waals surface area contributed by atoms with E-state index in [9.17, 15) is 13.6 Å². The van der Waals surface area contributed by atoms with E-state index in [0.717, 1.165) is 32.7 Å². The molecule has 1 amide bonds. The lowest BCUT2D eigenvalue weighted by atomic mass is 10.3. The second-order valence-corrected chi connectivity index (χ2v) is 5.69. The van der Waals surface area contributed by atoms with Gasteiger partial charge in [-0.1, -0.05) is 18.5 Å². The molecule has 1 aliphatic heterocycles. The van der Waals surface area contributed by atoms with E-state index in [-0.39, 0.29) is 16.7 Å². The van der Waals surface area contributed by atoms with Gasteiger partial charge in [-0.05, 0) is 24.7 Å². The van der Waals surface area contributed by atoms with Gasteiger partial charge < -0.3 is 15.0 Å². The number of amides is 1. The van der Waals surface area contributed by atoms with E-state index in [2.05, 4.69) is 26.8 Å². The molecule has 0 saturated carbocycles. The first-order valence-corrected chi connectivity index (χ1v) is 7.84. The van der Waals surface area contributed by atoms with E-state index in [1.807, 2.05) is 0 Å². The molecule has 128 valence electrons. The number of carbonyl (C=O) groups is 1. The van der Waals surface area contributed by atoms with Gasteiger partial charge in [0, 0.05) is 31.9 Å². The maximum absolute atomic E-state index is 12.2. The van der Waals surface area contributed by atoms with Crippen molar-refractivity contribution < 1.29 is 18.3 Å². The lowest BCUT2D eigenvalue weighted by Gasteiger charge is -2.33. The molecule has 8 heteroatoms. The number of hydrogen-bond acceptors (Lipinski definition) is 4. The zero-order chi connectivity index (χ0) is 16.8. The summed E-state index contributed by atoms with van der Waals surface area (Å²) in [5, 5.41) is 2.74. The van der Waals surface area contributed by atoms with Crippen LogP contribution in [-0.2, 0) is 4.79 Å². The Bertz CT molecular complexity index is 537. The molecule has 1 heterocycles. The number of hydrogen-bond donors (Lipinski definition) is 1. The van der Waals surface area contributed by atoms with Crippen molar-refractivity contribution in [2.24, 2.45) is 0 Å². The molecule has 1 aliphatic rings. The molecule has 5 nitrogen and oxygen atoms in total. The Labute approximate surface area is 139 Å². The van der Waals surface area contributed by atoms with Gasteiger partial charge >= 0.3 is 6.61 Å². The van der Waals surface area contributed by atoms with Crippen LogP contribution in [0.4, 0.5) is 14.5 Å². The molecule has 1 fully saturated rings. The van der Waals surface area contributed by atoms with E-state index in [1.165, 1.54) is 18.2 Å². The lowest BCUT2D eigenvalue weighted by molar-refractivity contribution is -0.117. The summed E-state index contributed by atoms with van der Waals surface area (Å²) in [4.78, 5) is 16.5. The number of carbonyl (C=O) groups excluding carboxylic acids is 1. The minimum absolute atomic E-state index is 0.0275. The van der Waals surface area contributed by atoms with E-state index < -0.39 is 6.61 Å². The standard InChI is InChI=1S/C15H20ClF2N3O2/c1-2-20-5-7-21(8-6-20)10-14(22)19-11-3-4-13(12(16)9-11)23-15(17)18/h3-4,9,15H,2,5-8,10H2,1H3,(H,19,22). The van der Waals surface area contributed by atoms with Crippen molar-refractivity contribution in [2.45, 2.75) is 13.5 Å². The van der Waals surface area contributed by atoms with Crippen molar-refractivity contribution in [3.8, 4) is 5.75 Å². The number of rotatable bonds is 6. The van der Waals surface area contributed by atoms with E-state index in [1.54, 1.807) is 0 Å². The molecule has 1 saturated heterocycles. The quantitative estimate of drug-likeness (QED) is 0.859. The number of halogens is 3. The van der Waals surface area contributed by atoms with Crippen LogP contribution in [0.2, 0.25) is 5.02 Å². The maximum Gasteiger partial charge on any atom is 0.387 e. The van der Waals surface area contributed by atoms with Crippen LogP contribution in [0.25, 0.3) is 0 Å². The van der Waals surface area contributed by atoms with Gasteiger partial charge in [-0.15, -0.1) is 0 Å². The van der Waals surface area contributed by atoms with Crippen molar-refractivity contribution >= 4 is 23.2 Å². The zero-order valence-electron chi connectivity index (χ0n) is 12.9. The number of ether oxygens (including phenoxy) is 1. The first kappa shape index (κ1) is 17.9. The van der Waals surface area contributed by atoms with E-state index in [0.29, 0.717) is 12.2 Å². The van der Waals surface area contributed by atoms with Crippen LogP contribution >= 0.6 is 11.6 Å². The first-order chi connectivity index (χ1) is 11.0. The van der Waals surface area contributed by atoms with Gasteiger partial charge in [0.2, 0.25) is 5.91 Å². The lowest BCUT2D eigenvalue weighted by Crippen LogP contribution is -2.48. The summed E-state index contributed by atoms with van der Waals surface area (Å²) in [5.41, 5.74) is 0.453. The van der Waals surface area contributed by atoms with Gasteiger partial charge in [0.15, 0.2) is 0 Å². The molecule has 23 heavy (non-hydrogen) atoms. The molecule has 1 aromatic carbocycles. The molecular formula is C15H20ClF2N3O2. The van der Waals surface area contributed by atoms with Gasteiger partial charge in [0.05, 0.1) is 11.6 Å². The van der Waals surface area contributed by atoms with Crippen LogP contribution < -0.4 is 10.1 Å². The number of piperazine rings is 1. The van der Waals surface area contributed by atoms with Crippen molar-refractivity contribution in [1.29, 1.82) is 0 Å². The maximum atomic E-state index is 12.2. The molecule has 0 unspecified atom stereocenters. The molecule has 0 bridgehead atoms. The van der Waals surface area contributed by atoms with Crippen LogP contribution in [0.3, 0.4) is 0 Å². The summed E-state index contributed by atoms with van der Waals surface area (Å²) in [5.74, 6) is -0.274. The Morgan fingerprint density at radius 1 is 1.30 bits per heavy atom. The highest BCUT2D eigenvalue weighted by atomic mass is 35.5. The second kappa shape index (κ2) is 8.42. The highest BCUT2D eigenvalue weighted by molar-refractivity contribution is 6.32. The van der Waals surface area contributed by atoms with Crippen molar-refractivity contribution in [2.75, 3.05) is 44.6 Å². The smallest absolute Gasteiger partial charge is 0.387 e. The van der Waals surface area contributed by atoms with E-state index in [4.69, 9.17) is 11.6 Å². The molecule has 0 radical (unpaired) electrons. The fourth-order valence-corrected chi connectivity index (χ4v) is 2.66. The third-order valence-corrected chi connectivity index (χ3v) is 4.01.